The van der Waals surface area contributed by atoms with E-state index in [1.54, 1.807) is 24.0 Å². The maximum absolute atomic E-state index is 14.6. The fraction of sp³-hybridized carbons (Fsp3) is 0.724. The van der Waals surface area contributed by atoms with E-state index in [1.807, 2.05) is 78.7 Å². The van der Waals surface area contributed by atoms with E-state index < -0.39 is 83.9 Å². The van der Waals surface area contributed by atoms with Crippen LogP contribution in [0, 0.1) is 29.6 Å². The van der Waals surface area contributed by atoms with Gasteiger partial charge in [0.1, 0.15) is 23.5 Å². The highest BCUT2D eigenvalue weighted by Gasteiger charge is 2.52. The summed E-state index contributed by atoms with van der Waals surface area (Å²) in [5.74, 6) is -2.49. The Morgan fingerprint density at radius 1 is 0.947 bits per heavy atom. The number of ether oxygens (including phenoxy) is 4. The Balaban J connectivity index is 0.998. The number of carbonyl (C=O) groups is 1. The van der Waals surface area contributed by atoms with Gasteiger partial charge in [-0.05, 0) is 141 Å². The number of carbonyl (C=O) groups excluding carboxylic acids is 1. The lowest BCUT2D eigenvalue weighted by atomic mass is 9.69. The van der Waals surface area contributed by atoms with Gasteiger partial charge in [-0.1, -0.05) is 52.0 Å². The molecule has 0 amide bonds. The van der Waals surface area contributed by atoms with E-state index in [-0.39, 0.29) is 30.4 Å². The highest BCUT2D eigenvalue weighted by atomic mass is 16.7. The number of benzene rings is 1. The van der Waals surface area contributed by atoms with Crippen LogP contribution in [0.15, 0.2) is 66.9 Å². The Hall–Kier alpha value is -4.08. The summed E-state index contributed by atoms with van der Waals surface area (Å²) in [4.78, 5) is 23.1. The van der Waals surface area contributed by atoms with Crippen molar-refractivity contribution in [1.82, 2.24) is 45.3 Å². The summed E-state index contributed by atoms with van der Waals surface area (Å²) in [5.41, 5.74) is 5.52. The molecular formula is C58H93N9O9. The van der Waals surface area contributed by atoms with Gasteiger partial charge in [0, 0.05) is 87.4 Å². The highest BCUT2D eigenvalue weighted by Crippen LogP contribution is 2.43. The molecule has 76 heavy (non-hydrogen) atoms. The van der Waals surface area contributed by atoms with Crippen LogP contribution >= 0.6 is 0 Å². The van der Waals surface area contributed by atoms with Crippen LogP contribution in [0.2, 0.25) is 0 Å². The molecule has 18 nitrogen and oxygen atoms in total. The molecule has 4 aliphatic rings. The number of esters is 1. The number of pyridine rings is 1. The predicted octanol–water partition coefficient (Wildman–Crippen LogP) is 6.37. The van der Waals surface area contributed by atoms with Gasteiger partial charge in [0.2, 0.25) is 0 Å². The molecule has 7 rings (SSSR count). The Morgan fingerprint density at radius 3 is 2.37 bits per heavy atom. The van der Waals surface area contributed by atoms with Crippen LogP contribution < -0.4 is 5.53 Å². The summed E-state index contributed by atoms with van der Waals surface area (Å²) in [6.45, 7) is 21.1. The lowest BCUT2D eigenvalue weighted by Gasteiger charge is -2.49. The molecule has 17 atom stereocenters. The number of hydrogen-bond acceptors (Lipinski definition) is 17. The molecule has 4 aliphatic heterocycles. The quantitative estimate of drug-likeness (QED) is 0.0829. The van der Waals surface area contributed by atoms with Gasteiger partial charge < -0.3 is 49.2 Å². The van der Waals surface area contributed by atoms with E-state index in [0.29, 0.717) is 25.8 Å². The Labute approximate surface area is 453 Å². The molecule has 3 aromatic rings. The summed E-state index contributed by atoms with van der Waals surface area (Å²) < 4.78 is 28.5. The predicted molar refractivity (Wildman–Crippen MR) is 292 cm³/mol. The average Bonchev–Trinajstić information content (AvgIpc) is 4.02. The SMILES string of the molecule is CC[C@H]1OC(=O)[C@H](C)C([C@H]2C[C@H](C)[C@@H](O)[C@H](C)O2)[C@H](C)[C@@H](O[C@H]2C[C@@H](N(C)CCC3=CN(CCCCc4ccc(-n5cc(-c6cccnc6)nn5)cc4)NN3C)C[C@@H](C)O2)[C@](C)(O)C[C@@H](C)CN(C)[C@H](C)[C@@H](O)[C@]1(C)O. The first-order valence-corrected chi connectivity index (χ1v) is 28.2. The van der Waals surface area contributed by atoms with Crippen molar-refractivity contribution in [2.45, 2.75) is 199 Å². The second kappa shape index (κ2) is 25.8. The fourth-order valence-corrected chi connectivity index (χ4v) is 12.8. The molecule has 0 aliphatic carbocycles. The van der Waals surface area contributed by atoms with Crippen LogP contribution in [-0.4, -0.2) is 179 Å². The van der Waals surface area contributed by atoms with Crippen molar-refractivity contribution in [1.29, 1.82) is 0 Å². The summed E-state index contributed by atoms with van der Waals surface area (Å²) in [7, 11) is 6.13. The number of aromatic nitrogens is 4. The van der Waals surface area contributed by atoms with Crippen molar-refractivity contribution in [3.8, 4) is 16.9 Å². The van der Waals surface area contributed by atoms with Gasteiger partial charge in [-0.25, -0.2) is 4.68 Å². The third-order valence-corrected chi connectivity index (χ3v) is 17.4. The fourth-order valence-electron chi connectivity index (χ4n) is 12.8. The van der Waals surface area contributed by atoms with E-state index in [1.165, 1.54) is 11.3 Å². The lowest BCUT2D eigenvalue weighted by molar-refractivity contribution is -0.270. The molecule has 3 saturated heterocycles. The summed E-state index contributed by atoms with van der Waals surface area (Å²) in [6, 6.07) is 12.0. The molecule has 0 spiro atoms. The molecule has 0 saturated carbocycles. The van der Waals surface area contributed by atoms with E-state index in [4.69, 9.17) is 18.9 Å². The number of aliphatic hydroxyl groups excluding tert-OH is 2. The topological polar surface area (TPSA) is 203 Å². The van der Waals surface area contributed by atoms with Crippen LogP contribution in [0.4, 0.5) is 0 Å². The molecule has 424 valence electrons. The van der Waals surface area contributed by atoms with Crippen molar-refractivity contribution in [3.05, 3.63) is 72.4 Å². The van der Waals surface area contributed by atoms with E-state index >= 15 is 0 Å². The smallest absolute Gasteiger partial charge is 0.309 e. The molecule has 18 heteroatoms. The highest BCUT2D eigenvalue weighted by molar-refractivity contribution is 5.73. The zero-order chi connectivity index (χ0) is 55.2. The molecular weight excluding hydrogens is 967 g/mol. The average molecular weight is 1060 g/mol. The molecule has 3 fully saturated rings. The minimum atomic E-state index is -1.75. The number of nitrogens with zero attached hydrogens (tertiary/aromatic N) is 8. The zero-order valence-corrected chi connectivity index (χ0v) is 47.8. The maximum Gasteiger partial charge on any atom is 0.309 e. The number of likely N-dealkylation sites (N-methyl/N-ethyl adjacent to an activating group) is 1. The Kier molecular flexibility index (Phi) is 20.2. The van der Waals surface area contributed by atoms with Gasteiger partial charge >= 0.3 is 5.97 Å². The Bertz CT molecular complexity index is 2310. The number of rotatable bonds is 15. The molecule has 1 aromatic carbocycles. The summed E-state index contributed by atoms with van der Waals surface area (Å²) in [5, 5.41) is 60.4. The van der Waals surface area contributed by atoms with Crippen LogP contribution in [0.3, 0.4) is 0 Å². The van der Waals surface area contributed by atoms with Gasteiger partial charge in [-0.15, -0.1) is 10.6 Å². The molecule has 1 unspecified atom stereocenters. The standard InChI is InChI=1S/C58H93N9O9/c1-14-50-58(10,72)54(69)41(7)64(12)33-36(2)31-57(9,71)55(39(5)52(40(6)56(70)75-50)49-28-37(3)53(68)42(8)74-49)76-51-30-47(29-38(4)73-51)63(11)27-24-46-34-66(62-65(46)13)26-16-15-18-43-20-22-45(23-21-43)67-35-48(60-61-67)44-19-17-25-59-32-44/h17,19-23,25,32,34-42,47,49-55,62,68-69,71-72H,14-16,18,24,26-31,33H2,1-13H3/t36-,37+,38-,39+,40-,41-,42+,47+,49-,50-,51+,52?,53-,54-,55-,57-,58-/m1/s1. The van der Waals surface area contributed by atoms with Crippen LogP contribution in [0.1, 0.15) is 126 Å². The lowest BCUT2D eigenvalue weighted by Crippen LogP contribution is -2.59. The third-order valence-electron chi connectivity index (χ3n) is 17.4. The molecule has 6 heterocycles. The molecule has 0 bridgehead atoms. The van der Waals surface area contributed by atoms with Gasteiger partial charge in [0.15, 0.2) is 6.29 Å². The largest absolute Gasteiger partial charge is 0.459 e. The van der Waals surface area contributed by atoms with Crippen LogP contribution in [-0.2, 0) is 30.2 Å². The molecule has 0 radical (unpaired) electrons. The van der Waals surface area contributed by atoms with E-state index in [2.05, 4.69) is 94.2 Å². The second-order valence-corrected chi connectivity index (χ2v) is 23.8. The number of cyclic esters (lactones) is 1. The van der Waals surface area contributed by atoms with Gasteiger partial charge in [-0.3, -0.25) is 19.8 Å². The van der Waals surface area contributed by atoms with Crippen molar-refractivity contribution in [2.24, 2.45) is 29.6 Å². The second-order valence-electron chi connectivity index (χ2n) is 23.8. The number of nitrogens with one attached hydrogen (secondary N) is 1. The number of aliphatic hydroxyl groups is 4. The van der Waals surface area contributed by atoms with Gasteiger partial charge in [-0.2, -0.15) is 0 Å². The first-order chi connectivity index (χ1) is 36.0. The van der Waals surface area contributed by atoms with Gasteiger partial charge in [0.05, 0.1) is 53.9 Å². The first kappa shape index (κ1) is 59.6. The zero-order valence-electron chi connectivity index (χ0n) is 47.8. The summed E-state index contributed by atoms with van der Waals surface area (Å²) in [6.07, 6.45) is 8.63. The minimum absolute atomic E-state index is 0.0670. The number of aryl methyl sites for hydroxylation is 1. The normalized spacial score (nSPS) is 36.7. The number of unbranched alkanes of at least 4 members (excludes halogenated alkanes) is 1. The van der Waals surface area contributed by atoms with Gasteiger partial charge in [0.25, 0.3) is 0 Å². The maximum atomic E-state index is 14.6. The summed E-state index contributed by atoms with van der Waals surface area (Å²) >= 11 is 0. The van der Waals surface area contributed by atoms with Crippen LogP contribution in [0.25, 0.3) is 16.9 Å². The minimum Gasteiger partial charge on any atom is -0.459 e. The Morgan fingerprint density at radius 2 is 1.68 bits per heavy atom. The molecule has 5 N–H and O–H groups in total. The molecule has 2 aromatic heterocycles. The van der Waals surface area contributed by atoms with Crippen LogP contribution in [0.5, 0.6) is 0 Å². The van der Waals surface area contributed by atoms with E-state index in [9.17, 15) is 25.2 Å². The third kappa shape index (κ3) is 14.4. The monoisotopic (exact) mass is 1060 g/mol. The number of hydrogen-bond donors (Lipinski definition) is 5. The van der Waals surface area contributed by atoms with E-state index in [0.717, 1.165) is 62.1 Å². The first-order valence-electron chi connectivity index (χ1n) is 28.2. The van der Waals surface area contributed by atoms with Crippen molar-refractivity contribution < 1.29 is 44.2 Å². The van der Waals surface area contributed by atoms with Crippen molar-refractivity contribution in [3.63, 3.8) is 0 Å². The van der Waals surface area contributed by atoms with Crippen molar-refractivity contribution in [2.75, 3.05) is 40.8 Å². The number of hydrazine groups is 2. The van der Waals surface area contributed by atoms with Crippen molar-refractivity contribution >= 4 is 5.97 Å².